The number of rotatable bonds is 5. The maximum Gasteiger partial charge on any atom is 0.136 e. The molecule has 0 bridgehead atoms. The van der Waals surface area contributed by atoms with Crippen LogP contribution < -0.4 is 0 Å². The largest absolute Gasteiger partial charge is 0.456 e. The second kappa shape index (κ2) is 13.8. The van der Waals surface area contributed by atoms with Gasteiger partial charge in [-0.2, -0.15) is 0 Å². The van der Waals surface area contributed by atoms with Gasteiger partial charge >= 0.3 is 0 Å². The number of nitrogens with zero attached hydrogens (tertiary/aromatic N) is 1. The summed E-state index contributed by atoms with van der Waals surface area (Å²) in [6, 6.07) is 59.8. The van der Waals surface area contributed by atoms with Crippen LogP contribution in [-0.4, -0.2) is 5.71 Å². The Morgan fingerprint density at radius 2 is 1.18 bits per heavy atom. The fourth-order valence-corrected chi connectivity index (χ4v) is 9.52. The van der Waals surface area contributed by atoms with Gasteiger partial charge in [0, 0.05) is 33.5 Å². The molecule has 57 heavy (non-hydrogen) atoms. The van der Waals surface area contributed by atoms with E-state index in [2.05, 4.69) is 183 Å². The Hall–Kier alpha value is -6.77. The van der Waals surface area contributed by atoms with Gasteiger partial charge < -0.3 is 4.42 Å². The molecule has 1 aliphatic rings. The van der Waals surface area contributed by atoms with Gasteiger partial charge in [-0.1, -0.05) is 159 Å². The van der Waals surface area contributed by atoms with Crippen LogP contribution in [0.25, 0.3) is 87.4 Å². The smallest absolute Gasteiger partial charge is 0.136 e. The van der Waals surface area contributed by atoms with Crippen LogP contribution in [0.1, 0.15) is 49.3 Å². The number of benzene rings is 9. The fraction of sp³-hybridized carbons (Fsp3) is 0.109. The number of hydrogen-bond acceptors (Lipinski definition) is 2. The third-order valence-corrected chi connectivity index (χ3v) is 12.2. The molecule has 272 valence electrons. The molecular weight excluding hydrogens is 691 g/mol. The minimum Gasteiger partial charge on any atom is -0.456 e. The minimum atomic E-state index is 0.168. The van der Waals surface area contributed by atoms with Crippen molar-refractivity contribution in [2.24, 2.45) is 10.9 Å². The van der Waals surface area contributed by atoms with Gasteiger partial charge in [-0.3, -0.25) is 4.99 Å². The summed E-state index contributed by atoms with van der Waals surface area (Å²) >= 11 is 0. The van der Waals surface area contributed by atoms with Gasteiger partial charge in [0.25, 0.3) is 0 Å². The molecule has 10 aromatic rings. The lowest BCUT2D eigenvalue weighted by Crippen LogP contribution is -2.07. The van der Waals surface area contributed by atoms with Crippen LogP contribution in [0.3, 0.4) is 0 Å². The molecule has 9 aromatic carbocycles. The van der Waals surface area contributed by atoms with Gasteiger partial charge in [0.1, 0.15) is 11.2 Å². The Morgan fingerprint density at radius 3 is 2.04 bits per heavy atom. The zero-order valence-corrected chi connectivity index (χ0v) is 32.0. The molecule has 2 heteroatoms. The Morgan fingerprint density at radius 1 is 0.526 bits per heavy atom. The summed E-state index contributed by atoms with van der Waals surface area (Å²) in [5.41, 5.74) is 11.6. The summed E-state index contributed by atoms with van der Waals surface area (Å²) in [5, 5.41) is 12.4. The highest BCUT2D eigenvalue weighted by molar-refractivity contribution is 6.34. The van der Waals surface area contributed by atoms with Crippen molar-refractivity contribution in [3.8, 4) is 11.1 Å². The molecule has 11 rings (SSSR count). The molecule has 0 saturated heterocycles. The van der Waals surface area contributed by atoms with Crippen molar-refractivity contribution in [3.05, 3.63) is 193 Å². The number of fused-ring (bicyclic) bond motifs is 5. The predicted molar refractivity (Wildman–Crippen MR) is 243 cm³/mol. The first-order valence-corrected chi connectivity index (χ1v) is 20.4. The molecule has 1 atom stereocenters. The molecule has 0 radical (unpaired) electrons. The van der Waals surface area contributed by atoms with E-state index in [0.717, 1.165) is 53.8 Å². The summed E-state index contributed by atoms with van der Waals surface area (Å²) in [6.07, 6.45) is 8.82. The highest BCUT2D eigenvalue weighted by Gasteiger charge is 2.21. The third kappa shape index (κ3) is 5.67. The quantitative estimate of drug-likeness (QED) is 0.162. The van der Waals surface area contributed by atoms with Crippen molar-refractivity contribution >= 4 is 82.0 Å². The third-order valence-electron chi connectivity index (χ3n) is 12.2. The zero-order chi connectivity index (χ0) is 37.9. The fourth-order valence-electron chi connectivity index (χ4n) is 9.52. The molecule has 0 spiro atoms. The zero-order valence-electron chi connectivity index (χ0n) is 32.0. The molecule has 0 saturated carbocycles. The lowest BCUT2D eigenvalue weighted by atomic mass is 9.85. The van der Waals surface area contributed by atoms with Gasteiger partial charge in [0.05, 0.1) is 5.70 Å². The topological polar surface area (TPSA) is 25.5 Å². The van der Waals surface area contributed by atoms with Gasteiger partial charge in [-0.25, -0.2) is 0 Å². The summed E-state index contributed by atoms with van der Waals surface area (Å²) in [6.45, 7) is 2.31. The average Bonchev–Trinajstić information content (AvgIpc) is 3.66. The Balaban J connectivity index is 1.08. The first-order valence-electron chi connectivity index (χ1n) is 20.4. The maximum absolute atomic E-state index is 6.38. The van der Waals surface area contributed by atoms with Crippen molar-refractivity contribution in [1.29, 1.82) is 0 Å². The van der Waals surface area contributed by atoms with Crippen molar-refractivity contribution in [2.45, 2.75) is 32.6 Å². The molecular formula is C55H41NO. The monoisotopic (exact) mass is 731 g/mol. The number of aliphatic imine (C=N–C) groups is 1. The van der Waals surface area contributed by atoms with Gasteiger partial charge in [-0.05, 0) is 115 Å². The van der Waals surface area contributed by atoms with E-state index in [1.807, 2.05) is 0 Å². The van der Waals surface area contributed by atoms with Crippen molar-refractivity contribution in [1.82, 2.24) is 0 Å². The first kappa shape index (κ1) is 33.6. The second-order valence-electron chi connectivity index (χ2n) is 15.5. The van der Waals surface area contributed by atoms with E-state index in [-0.39, 0.29) is 5.92 Å². The lowest BCUT2D eigenvalue weighted by Gasteiger charge is -2.21. The highest BCUT2D eigenvalue weighted by Crippen LogP contribution is 2.46. The van der Waals surface area contributed by atoms with Crippen LogP contribution in [0.15, 0.2) is 185 Å². The molecule has 0 amide bonds. The Bertz CT molecular complexity index is 3260. The normalized spacial score (nSPS) is 16.4. The number of furan rings is 1. The van der Waals surface area contributed by atoms with Gasteiger partial charge in [-0.15, -0.1) is 0 Å². The number of hydrogen-bond donors (Lipinski definition) is 0. The van der Waals surface area contributed by atoms with E-state index >= 15 is 0 Å². The SMILES string of the molecule is CCC1/C=C(/c2ccc3ccccc3c2)N=C(c2cccc3ccccc23)CCCC=C1c1cccc(-c2cccc3c4cccc5oc6cccc(c23)c6c54)c1. The number of allylic oxidation sites excluding steroid dienone is 3. The van der Waals surface area contributed by atoms with Crippen LogP contribution in [0, 0.1) is 5.92 Å². The molecule has 2 heterocycles. The summed E-state index contributed by atoms with van der Waals surface area (Å²) < 4.78 is 6.38. The van der Waals surface area contributed by atoms with Crippen molar-refractivity contribution in [2.75, 3.05) is 0 Å². The van der Waals surface area contributed by atoms with Crippen molar-refractivity contribution in [3.63, 3.8) is 0 Å². The van der Waals surface area contributed by atoms with Gasteiger partial charge in [0.15, 0.2) is 0 Å². The van der Waals surface area contributed by atoms with Crippen LogP contribution in [0.2, 0.25) is 0 Å². The van der Waals surface area contributed by atoms with Crippen LogP contribution in [0.5, 0.6) is 0 Å². The molecule has 1 aromatic heterocycles. The van der Waals surface area contributed by atoms with E-state index in [9.17, 15) is 0 Å². The standard InChI is InChI=1S/C55H41NO/c1-2-35-34-50(41-31-30-36-14-3-4-16-38(36)32-41)56-49(45-23-10-17-37-15-5-6-21-43(37)45)27-8-7-20-42(35)39-18-9-19-40(33-39)44-22-11-24-46-47-25-12-28-51-54(47)55-48(53(44)46)26-13-29-52(55)57-51/h3-6,9-26,28-35H,2,7-8,27H2,1H3/b42-20?,50-34-,56-49?. The Labute approximate surface area is 332 Å². The average molecular weight is 732 g/mol. The summed E-state index contributed by atoms with van der Waals surface area (Å²) in [5.74, 6) is 0.168. The van der Waals surface area contributed by atoms with E-state index < -0.39 is 0 Å². The highest BCUT2D eigenvalue weighted by atomic mass is 16.3. The van der Waals surface area contributed by atoms with E-state index in [1.165, 1.54) is 81.7 Å². The lowest BCUT2D eigenvalue weighted by molar-refractivity contribution is 0.669. The Kier molecular flexibility index (Phi) is 8.10. The molecule has 0 aliphatic carbocycles. The molecule has 1 aliphatic heterocycles. The van der Waals surface area contributed by atoms with E-state index in [4.69, 9.17) is 9.41 Å². The molecule has 0 fully saturated rings. The van der Waals surface area contributed by atoms with Crippen LogP contribution in [0.4, 0.5) is 0 Å². The van der Waals surface area contributed by atoms with E-state index in [0.29, 0.717) is 0 Å². The van der Waals surface area contributed by atoms with Crippen molar-refractivity contribution < 1.29 is 4.42 Å². The van der Waals surface area contributed by atoms with E-state index in [1.54, 1.807) is 0 Å². The molecule has 2 nitrogen and oxygen atoms in total. The van der Waals surface area contributed by atoms with Gasteiger partial charge in [0.2, 0.25) is 0 Å². The maximum atomic E-state index is 6.38. The summed E-state index contributed by atoms with van der Waals surface area (Å²) in [4.78, 5) is 5.67. The predicted octanol–water partition coefficient (Wildman–Crippen LogP) is 15.4. The molecule has 1 unspecified atom stereocenters. The minimum absolute atomic E-state index is 0.168. The van der Waals surface area contributed by atoms with Crippen LogP contribution in [-0.2, 0) is 0 Å². The summed E-state index contributed by atoms with van der Waals surface area (Å²) in [7, 11) is 0. The molecule has 0 N–H and O–H groups in total. The second-order valence-corrected chi connectivity index (χ2v) is 15.5. The first-order chi connectivity index (χ1) is 28.2. The van der Waals surface area contributed by atoms with Crippen LogP contribution >= 0.6 is 0 Å².